The molecule has 3 nitrogen and oxygen atoms in total. The van der Waals surface area contributed by atoms with Crippen LogP contribution in [0.3, 0.4) is 0 Å². The van der Waals surface area contributed by atoms with Gasteiger partial charge in [0, 0.05) is 65.5 Å². The van der Waals surface area contributed by atoms with E-state index < -0.39 is 26.7 Å². The molecule has 0 aliphatic carbocycles. The Bertz CT molecular complexity index is 1220. The van der Waals surface area contributed by atoms with Gasteiger partial charge in [-0.2, -0.15) is 0 Å². The molecule has 3 aromatic rings. The number of aryl methyl sites for hydroxylation is 4. The maximum atomic E-state index is 8.94. The molecular weight excluding hydrogens is 294 g/mol. The monoisotopic (exact) mass is 329 g/mol. The van der Waals surface area contributed by atoms with Crippen molar-refractivity contribution in [2.24, 2.45) is 0 Å². The second-order valence-electron chi connectivity index (χ2n) is 6.12. The lowest BCUT2D eigenvalue weighted by Gasteiger charge is -2.24. The van der Waals surface area contributed by atoms with E-state index in [2.05, 4.69) is 4.98 Å². The van der Waals surface area contributed by atoms with Crippen LogP contribution in [0.2, 0.25) is 0 Å². The highest BCUT2D eigenvalue weighted by atomic mass is 15.1. The van der Waals surface area contributed by atoms with Crippen molar-refractivity contribution >= 4 is 10.9 Å². The van der Waals surface area contributed by atoms with Crippen LogP contribution in [0.5, 0.6) is 0 Å². The van der Waals surface area contributed by atoms with E-state index in [1.54, 1.807) is 6.07 Å². The Balaban J connectivity index is 1.87. The van der Waals surface area contributed by atoms with Crippen molar-refractivity contribution in [1.29, 1.82) is 0 Å². The molecule has 1 aromatic carbocycles. The number of nitrogens with zero attached hydrogens (tertiary/aromatic N) is 3. The highest BCUT2D eigenvalue weighted by Crippen LogP contribution is 2.31. The van der Waals surface area contributed by atoms with Crippen molar-refractivity contribution in [3.8, 4) is 0 Å². The molecule has 1 aliphatic heterocycles. The molecule has 124 valence electrons. The lowest BCUT2D eigenvalue weighted by molar-refractivity contribution is 0.309. The zero-order valence-electron chi connectivity index (χ0n) is 23.4. The summed E-state index contributed by atoms with van der Waals surface area (Å²) in [6, 6.07) is 7.85. The van der Waals surface area contributed by atoms with E-state index >= 15 is 0 Å². The fourth-order valence-corrected chi connectivity index (χ4v) is 3.19. The Morgan fingerprint density at radius 3 is 3.04 bits per heavy atom. The van der Waals surface area contributed by atoms with Gasteiger partial charge in [-0.05, 0) is 56.5 Å². The Hall–Kier alpha value is -2.13. The zero-order chi connectivity index (χ0) is 25.3. The van der Waals surface area contributed by atoms with Gasteiger partial charge in [0.05, 0.1) is 2.74 Å². The van der Waals surface area contributed by atoms with Crippen LogP contribution >= 0.6 is 0 Å². The average molecular weight is 330 g/mol. The standard InChI is InChI=1S/C21H25N3/c1-15-4-7-20-18(12-15)19-14-23(3)10-9-21(19)24(20)11-8-17-6-5-16(2)22-13-17/h4-7,12-13H,8-11,14H2,1-3H3/i2D3,3D3,8D2,11D2. The predicted octanol–water partition coefficient (Wildman–Crippen LogP) is 3.88. The van der Waals surface area contributed by atoms with Crippen LogP contribution in [0.4, 0.5) is 0 Å². The minimum atomic E-state index is -2.58. The van der Waals surface area contributed by atoms with Crippen LogP contribution in [0.15, 0.2) is 36.5 Å². The lowest BCUT2D eigenvalue weighted by Crippen LogP contribution is -2.27. The van der Waals surface area contributed by atoms with Gasteiger partial charge in [-0.15, -0.1) is 0 Å². The largest absolute Gasteiger partial charge is 0.344 e. The van der Waals surface area contributed by atoms with E-state index in [0.717, 1.165) is 11.8 Å². The molecule has 2 aromatic heterocycles. The second kappa shape index (κ2) is 6.06. The number of pyridine rings is 1. The fraction of sp³-hybridized carbons (Fsp3) is 0.381. The van der Waals surface area contributed by atoms with Crippen LogP contribution < -0.4 is 0 Å². The van der Waals surface area contributed by atoms with Gasteiger partial charge in [0.2, 0.25) is 0 Å². The maximum Gasteiger partial charge on any atom is 0.0501 e. The third kappa shape index (κ3) is 2.73. The Kier molecular flexibility index (Phi) is 1.98. The SMILES string of the molecule is [2H]C([2H])([2H])c1ccc(C([2H])([2H])C([2H])([2H])n2c3c(c4cc(C)ccc42)CN(C([2H])([2H])[2H])CC3)cn1. The van der Waals surface area contributed by atoms with E-state index in [4.69, 9.17) is 13.7 Å². The minimum Gasteiger partial charge on any atom is -0.344 e. The average Bonchev–Trinajstić information content (AvgIpc) is 3.06. The molecule has 3 heteroatoms. The molecule has 4 rings (SSSR count). The van der Waals surface area contributed by atoms with E-state index in [1.165, 1.54) is 21.6 Å². The first-order chi connectivity index (χ1) is 15.5. The molecule has 0 saturated carbocycles. The molecule has 24 heavy (non-hydrogen) atoms. The number of hydrogen-bond acceptors (Lipinski definition) is 2. The zero-order valence-corrected chi connectivity index (χ0v) is 13.4. The van der Waals surface area contributed by atoms with Gasteiger partial charge >= 0.3 is 0 Å². The van der Waals surface area contributed by atoms with Gasteiger partial charge < -0.3 is 9.47 Å². The number of fused-ring (bicyclic) bond motifs is 3. The van der Waals surface area contributed by atoms with Crippen molar-refractivity contribution in [3.63, 3.8) is 0 Å². The van der Waals surface area contributed by atoms with Gasteiger partial charge in [-0.3, -0.25) is 4.98 Å². The number of hydrogen-bond donors (Lipinski definition) is 0. The smallest absolute Gasteiger partial charge is 0.0501 e. The van der Waals surface area contributed by atoms with Crippen LogP contribution in [-0.2, 0) is 25.8 Å². The van der Waals surface area contributed by atoms with Crippen molar-refractivity contribution in [1.82, 2.24) is 14.5 Å². The molecule has 0 amide bonds. The van der Waals surface area contributed by atoms with Crippen molar-refractivity contribution in [2.45, 2.75) is 39.6 Å². The predicted molar refractivity (Wildman–Crippen MR) is 99.4 cm³/mol. The van der Waals surface area contributed by atoms with Gasteiger partial charge in [-0.25, -0.2) is 0 Å². The Labute approximate surface area is 158 Å². The Morgan fingerprint density at radius 2 is 2.25 bits per heavy atom. The highest BCUT2D eigenvalue weighted by molar-refractivity contribution is 5.86. The molecule has 1 aliphatic rings. The summed E-state index contributed by atoms with van der Waals surface area (Å²) in [4.78, 5) is 5.23. The van der Waals surface area contributed by atoms with E-state index in [1.807, 2.05) is 19.1 Å². The normalized spacial score (nSPS) is 23.4. The highest BCUT2D eigenvalue weighted by Gasteiger charge is 2.22. The number of likely N-dealkylation sites (N-methyl/N-ethyl adjacent to an activating group) is 1. The molecule has 0 radical (unpaired) electrons. The fourth-order valence-electron chi connectivity index (χ4n) is 3.19. The lowest BCUT2D eigenvalue weighted by atomic mass is 10.0. The molecule has 0 fully saturated rings. The summed E-state index contributed by atoms with van der Waals surface area (Å²) >= 11 is 0. The van der Waals surface area contributed by atoms with Crippen LogP contribution in [0.25, 0.3) is 10.9 Å². The van der Waals surface area contributed by atoms with Crippen LogP contribution in [0.1, 0.15) is 41.8 Å². The molecule has 0 bridgehead atoms. The van der Waals surface area contributed by atoms with Crippen molar-refractivity contribution < 1.29 is 13.7 Å². The summed E-state index contributed by atoms with van der Waals surface area (Å²) in [5.41, 5.74) is 2.35. The summed E-state index contributed by atoms with van der Waals surface area (Å²) < 4.78 is 82.5. The molecule has 0 saturated heterocycles. The Morgan fingerprint density at radius 1 is 1.29 bits per heavy atom. The first-order valence-corrected chi connectivity index (χ1v) is 7.90. The molecule has 0 spiro atoms. The van der Waals surface area contributed by atoms with Gasteiger partial charge in [-0.1, -0.05) is 17.7 Å². The molecular formula is C21H25N3. The summed E-state index contributed by atoms with van der Waals surface area (Å²) in [6.07, 6.45) is -1.26. The third-order valence-electron chi connectivity index (χ3n) is 4.38. The second-order valence-corrected chi connectivity index (χ2v) is 6.12. The topological polar surface area (TPSA) is 21.1 Å². The quantitative estimate of drug-likeness (QED) is 0.727. The summed E-state index contributed by atoms with van der Waals surface area (Å²) in [7, 11) is 0. The minimum absolute atomic E-state index is 0.0897. The van der Waals surface area contributed by atoms with Gasteiger partial charge in [0.25, 0.3) is 0 Å². The number of benzene rings is 1. The summed E-state index contributed by atoms with van der Waals surface area (Å²) in [6.45, 7) is -5.15. The van der Waals surface area contributed by atoms with Crippen molar-refractivity contribution in [2.75, 3.05) is 13.5 Å². The van der Waals surface area contributed by atoms with E-state index in [0.29, 0.717) is 22.2 Å². The molecule has 0 atom stereocenters. The van der Waals surface area contributed by atoms with Gasteiger partial charge in [0.15, 0.2) is 0 Å². The maximum absolute atomic E-state index is 8.94. The third-order valence-corrected chi connectivity index (χ3v) is 4.38. The van der Waals surface area contributed by atoms with Crippen LogP contribution in [0, 0.1) is 13.8 Å². The van der Waals surface area contributed by atoms with E-state index in [9.17, 15) is 0 Å². The summed E-state index contributed by atoms with van der Waals surface area (Å²) in [5, 5.41) is 0.694. The van der Waals surface area contributed by atoms with Crippen LogP contribution in [-0.4, -0.2) is 28.0 Å². The van der Waals surface area contributed by atoms with E-state index in [-0.39, 0.29) is 30.8 Å². The molecule has 0 unspecified atom stereocenters. The summed E-state index contributed by atoms with van der Waals surface area (Å²) in [5.74, 6) is 0. The number of rotatable bonds is 3. The van der Waals surface area contributed by atoms with Crippen molar-refractivity contribution in [3.05, 3.63) is 64.6 Å². The molecule has 0 N–H and O–H groups in total. The first kappa shape index (κ1) is 7.83. The van der Waals surface area contributed by atoms with Gasteiger partial charge in [0.1, 0.15) is 0 Å². The number of aromatic nitrogens is 2. The molecule has 3 heterocycles. The first-order valence-electron chi connectivity index (χ1n) is 12.9.